The number of thiol groups is 2. The Morgan fingerprint density at radius 1 is 1.31 bits per heavy atom. The number of rotatable bonds is 3. The first kappa shape index (κ1) is 19.3. The first-order valence-electron chi connectivity index (χ1n) is 3.21. The third-order valence-corrected chi connectivity index (χ3v) is 1.57. The van der Waals surface area contributed by atoms with Crippen LogP contribution in [0.4, 0.5) is 0 Å². The van der Waals surface area contributed by atoms with Crippen LogP contribution in [0, 0.1) is 0 Å². The van der Waals surface area contributed by atoms with Crippen LogP contribution in [0.2, 0.25) is 0 Å². The summed E-state index contributed by atoms with van der Waals surface area (Å²) in [5.74, 6) is -0.524. The second-order valence-corrected chi connectivity index (χ2v) is 2.72. The molecule has 0 spiro atoms. The van der Waals surface area contributed by atoms with Gasteiger partial charge in [-0.2, -0.15) is 25.3 Å². The largest absolute Gasteiger partial charge is 1.00 e. The van der Waals surface area contributed by atoms with E-state index in [4.69, 9.17) is 20.1 Å². The molecular weight excluding hydrogens is 207 g/mol. The van der Waals surface area contributed by atoms with E-state index >= 15 is 0 Å². The van der Waals surface area contributed by atoms with Gasteiger partial charge in [0.2, 0.25) is 0 Å². The average Bonchev–Trinajstić information content (AvgIpc) is 2.00. The van der Waals surface area contributed by atoms with Crippen molar-refractivity contribution >= 4 is 31.2 Å². The van der Waals surface area contributed by atoms with Crippen molar-refractivity contribution in [2.45, 2.75) is 19.1 Å². The summed E-state index contributed by atoms with van der Waals surface area (Å²) in [7, 11) is 0. The van der Waals surface area contributed by atoms with Crippen molar-refractivity contribution in [3.63, 3.8) is 0 Å². The van der Waals surface area contributed by atoms with Gasteiger partial charge in [0.05, 0.1) is 12.2 Å². The van der Waals surface area contributed by atoms with Gasteiger partial charge >= 0.3 is 18.9 Å². The van der Waals surface area contributed by atoms with Crippen molar-refractivity contribution in [1.82, 2.24) is 0 Å². The molecule has 7 heteroatoms. The number of aliphatic carboxylic acids is 1. The molecule has 0 saturated heterocycles. The Hall–Kier alpha value is 0.687. The molecule has 74 valence electrons. The van der Waals surface area contributed by atoms with Crippen LogP contribution < -0.4 is 24.0 Å². The zero-order valence-corrected chi connectivity index (χ0v) is 9.46. The fourth-order valence-electron chi connectivity index (χ4n) is 0.243. The predicted octanol–water partition coefficient (Wildman–Crippen LogP) is -4.67. The summed E-state index contributed by atoms with van der Waals surface area (Å²) >= 11 is 7.53. The summed E-state index contributed by atoms with van der Waals surface area (Å²) in [6.45, 7) is 0.972. The Kier molecular flexibility index (Phi) is 18.8. The molecule has 2 atom stereocenters. The molecule has 0 saturated carbocycles. The van der Waals surface area contributed by atoms with Crippen molar-refractivity contribution in [2.24, 2.45) is 0 Å². The molecule has 0 bridgehead atoms. The molecule has 2 N–H and O–H groups in total. The molecule has 0 unspecified atom stereocenters. The SMILES string of the molecule is CC(=O)[O-].O[C@H](CS)[C@H](O)CS.[Li+]. The van der Waals surface area contributed by atoms with Gasteiger partial charge in [0.25, 0.3) is 0 Å². The summed E-state index contributed by atoms with van der Waals surface area (Å²) in [6, 6.07) is 0. The number of aliphatic hydroxyl groups excluding tert-OH is 2. The third kappa shape index (κ3) is 19.2. The summed E-state index contributed by atoms with van der Waals surface area (Å²) in [5, 5.41) is 26.4. The summed E-state index contributed by atoms with van der Waals surface area (Å²) in [5.41, 5.74) is 0. The zero-order valence-electron chi connectivity index (χ0n) is 7.67. The van der Waals surface area contributed by atoms with E-state index in [1.165, 1.54) is 0 Å². The topological polar surface area (TPSA) is 80.6 Å². The van der Waals surface area contributed by atoms with Crippen molar-refractivity contribution < 1.29 is 39.0 Å². The Labute approximate surface area is 101 Å². The normalized spacial score (nSPS) is 13.0. The number of aliphatic hydroxyl groups is 2. The number of hydrogen-bond donors (Lipinski definition) is 4. The summed E-state index contributed by atoms with van der Waals surface area (Å²) in [6.07, 6.45) is -1.48. The maximum Gasteiger partial charge on any atom is 1.00 e. The number of carboxylic acids is 1. The average molecular weight is 220 g/mol. The minimum Gasteiger partial charge on any atom is -0.550 e. The fraction of sp³-hybridized carbons (Fsp3) is 0.833. The second kappa shape index (κ2) is 12.7. The minimum absolute atomic E-state index is 0. The molecule has 0 aromatic heterocycles. The van der Waals surface area contributed by atoms with Crippen molar-refractivity contribution in [3.8, 4) is 0 Å². The van der Waals surface area contributed by atoms with E-state index in [9.17, 15) is 0 Å². The smallest absolute Gasteiger partial charge is 0.550 e. The van der Waals surface area contributed by atoms with E-state index in [-0.39, 0.29) is 30.4 Å². The van der Waals surface area contributed by atoms with Gasteiger partial charge in [-0.3, -0.25) is 0 Å². The number of hydrogen-bond acceptors (Lipinski definition) is 6. The van der Waals surface area contributed by atoms with E-state index < -0.39 is 18.2 Å². The maximum absolute atomic E-state index is 8.89. The molecular formula is C6H13LiO4S2. The van der Waals surface area contributed by atoms with Crippen LogP contribution in [0.1, 0.15) is 6.92 Å². The monoisotopic (exact) mass is 220 g/mol. The Balaban J connectivity index is -0.000000173. The molecule has 0 aliphatic heterocycles. The molecule has 0 fully saturated rings. The van der Waals surface area contributed by atoms with E-state index in [1.807, 2.05) is 0 Å². The molecule has 0 amide bonds. The van der Waals surface area contributed by atoms with Gasteiger partial charge in [0, 0.05) is 17.5 Å². The molecule has 0 rings (SSSR count). The number of carbonyl (C=O) groups excluding carboxylic acids is 1. The Morgan fingerprint density at radius 2 is 1.46 bits per heavy atom. The molecule has 0 aliphatic rings. The molecule has 0 aliphatic carbocycles. The minimum atomic E-state index is -1.08. The van der Waals surface area contributed by atoms with Crippen LogP contribution in [0.5, 0.6) is 0 Å². The molecule has 0 aromatic carbocycles. The van der Waals surface area contributed by atoms with Gasteiger partial charge in [0.15, 0.2) is 0 Å². The van der Waals surface area contributed by atoms with Gasteiger partial charge in [-0.1, -0.05) is 0 Å². The van der Waals surface area contributed by atoms with E-state index in [0.29, 0.717) is 0 Å². The van der Waals surface area contributed by atoms with Crippen molar-refractivity contribution in [3.05, 3.63) is 0 Å². The quantitative estimate of drug-likeness (QED) is 0.285. The van der Waals surface area contributed by atoms with E-state index in [2.05, 4.69) is 25.3 Å². The predicted molar refractivity (Wildman–Crippen MR) is 50.4 cm³/mol. The summed E-state index contributed by atoms with van der Waals surface area (Å²) < 4.78 is 0. The van der Waals surface area contributed by atoms with Crippen LogP contribution in [0.25, 0.3) is 0 Å². The second-order valence-electron chi connectivity index (χ2n) is 1.99. The Bertz CT molecular complexity index is 113. The van der Waals surface area contributed by atoms with Gasteiger partial charge in [0.1, 0.15) is 0 Å². The first-order valence-corrected chi connectivity index (χ1v) is 4.47. The van der Waals surface area contributed by atoms with Crippen molar-refractivity contribution in [2.75, 3.05) is 11.5 Å². The molecule has 0 radical (unpaired) electrons. The first-order chi connectivity index (χ1) is 5.45. The van der Waals surface area contributed by atoms with Gasteiger partial charge in [-0.15, -0.1) is 0 Å². The van der Waals surface area contributed by atoms with Gasteiger partial charge < -0.3 is 20.1 Å². The third-order valence-electron chi connectivity index (χ3n) is 0.818. The van der Waals surface area contributed by atoms with Crippen LogP contribution in [-0.2, 0) is 4.79 Å². The van der Waals surface area contributed by atoms with Crippen molar-refractivity contribution in [1.29, 1.82) is 0 Å². The van der Waals surface area contributed by atoms with Gasteiger partial charge in [-0.25, -0.2) is 0 Å². The molecule has 13 heavy (non-hydrogen) atoms. The molecule has 0 aromatic rings. The molecule has 0 heterocycles. The fourth-order valence-corrected chi connectivity index (χ4v) is 0.730. The number of carboxylic acid groups (broad SMARTS) is 1. The Morgan fingerprint density at radius 3 is 1.54 bits per heavy atom. The van der Waals surface area contributed by atoms with E-state index in [0.717, 1.165) is 6.92 Å². The van der Waals surface area contributed by atoms with Crippen LogP contribution >= 0.6 is 25.3 Å². The van der Waals surface area contributed by atoms with Crippen LogP contribution in [-0.4, -0.2) is 39.9 Å². The number of carbonyl (C=O) groups is 1. The van der Waals surface area contributed by atoms with Crippen LogP contribution in [0.15, 0.2) is 0 Å². The zero-order chi connectivity index (χ0) is 10.1. The standard InChI is InChI=1S/C4H10O2S2.C2H4O2.Li/c5-3(1-7)4(6)2-8;1-2(3)4;/h3-8H,1-2H2;1H3,(H,3,4);/q;;+1/p-1/t3-,4-;;/m1../s1. The van der Waals surface area contributed by atoms with Gasteiger partial charge in [-0.05, 0) is 6.92 Å². The maximum atomic E-state index is 8.89. The molecule has 4 nitrogen and oxygen atoms in total. The van der Waals surface area contributed by atoms with Crippen LogP contribution in [0.3, 0.4) is 0 Å². The van der Waals surface area contributed by atoms with E-state index in [1.54, 1.807) is 0 Å². The summed E-state index contributed by atoms with van der Waals surface area (Å²) in [4.78, 5) is 8.89.